The summed E-state index contributed by atoms with van der Waals surface area (Å²) >= 11 is 0. The Morgan fingerprint density at radius 1 is 1.16 bits per heavy atom. The summed E-state index contributed by atoms with van der Waals surface area (Å²) in [5.41, 5.74) is 2.35. The van der Waals surface area contributed by atoms with E-state index in [1.165, 1.54) is 6.92 Å². The third-order valence-electron chi connectivity index (χ3n) is 2.45. The Balaban J connectivity index is 2.61. The number of urea groups is 1. The maximum absolute atomic E-state index is 11.6. The quantitative estimate of drug-likeness (QED) is 0.779. The summed E-state index contributed by atoms with van der Waals surface area (Å²) in [5.74, 6) is -0.150. The van der Waals surface area contributed by atoms with Crippen molar-refractivity contribution in [3.05, 3.63) is 36.0 Å². The molecule has 0 saturated carbocycles. The van der Waals surface area contributed by atoms with Crippen molar-refractivity contribution < 1.29 is 9.59 Å². The molecule has 0 radical (unpaired) electrons. The summed E-state index contributed by atoms with van der Waals surface area (Å²) in [6.45, 7) is 5.39. The van der Waals surface area contributed by atoms with E-state index in [0.717, 1.165) is 12.0 Å². The zero-order valence-corrected chi connectivity index (χ0v) is 11.4. The van der Waals surface area contributed by atoms with E-state index < -0.39 is 0 Å². The van der Waals surface area contributed by atoms with Crippen molar-refractivity contribution in [3.8, 4) is 0 Å². The molecule has 0 atom stereocenters. The van der Waals surface area contributed by atoms with Crippen LogP contribution in [-0.2, 0) is 4.79 Å². The van der Waals surface area contributed by atoms with Gasteiger partial charge in [-0.2, -0.15) is 0 Å². The lowest BCUT2D eigenvalue weighted by Crippen LogP contribution is -2.24. The first-order valence-corrected chi connectivity index (χ1v) is 6.12. The van der Waals surface area contributed by atoms with Gasteiger partial charge >= 0.3 is 6.03 Å². The first-order valence-electron chi connectivity index (χ1n) is 6.12. The largest absolute Gasteiger partial charge is 0.326 e. The van der Waals surface area contributed by atoms with Crippen LogP contribution in [-0.4, -0.2) is 11.9 Å². The average Bonchev–Trinajstić information content (AvgIpc) is 2.35. The van der Waals surface area contributed by atoms with Crippen LogP contribution in [0.25, 0.3) is 0 Å². The zero-order chi connectivity index (χ0) is 14.3. The lowest BCUT2D eigenvalue weighted by Gasteiger charge is -2.07. The molecule has 0 bridgehead atoms. The van der Waals surface area contributed by atoms with Crippen molar-refractivity contribution in [1.82, 2.24) is 5.32 Å². The number of carbonyl (C=O) groups excluding carboxylic acids is 2. The predicted molar refractivity (Wildman–Crippen MR) is 76.9 cm³/mol. The molecular formula is C14H19N3O2. The smallest absolute Gasteiger partial charge is 0.323 e. The molecule has 0 aromatic heterocycles. The lowest BCUT2D eigenvalue weighted by molar-refractivity contribution is -0.114. The Bertz CT molecular complexity index is 495. The van der Waals surface area contributed by atoms with Crippen molar-refractivity contribution in [1.29, 1.82) is 0 Å². The molecule has 0 aliphatic rings. The van der Waals surface area contributed by atoms with Crippen molar-refractivity contribution >= 4 is 23.3 Å². The summed E-state index contributed by atoms with van der Waals surface area (Å²) in [4.78, 5) is 22.6. The van der Waals surface area contributed by atoms with Crippen LogP contribution in [0.1, 0.15) is 27.2 Å². The van der Waals surface area contributed by atoms with Crippen LogP contribution in [0.4, 0.5) is 16.2 Å². The molecule has 3 amide bonds. The van der Waals surface area contributed by atoms with Crippen LogP contribution in [0.15, 0.2) is 36.0 Å². The number of hydrogen-bond acceptors (Lipinski definition) is 2. The van der Waals surface area contributed by atoms with Gasteiger partial charge in [0.05, 0.1) is 0 Å². The normalized spacial score (nSPS) is 10.8. The number of rotatable bonds is 4. The first-order chi connectivity index (χ1) is 9.01. The van der Waals surface area contributed by atoms with Gasteiger partial charge in [-0.25, -0.2) is 4.79 Å². The van der Waals surface area contributed by atoms with Gasteiger partial charge in [0.2, 0.25) is 5.91 Å². The topological polar surface area (TPSA) is 70.2 Å². The molecule has 1 aromatic rings. The molecule has 0 unspecified atom stereocenters. The fourth-order valence-electron chi connectivity index (χ4n) is 1.34. The number of benzene rings is 1. The van der Waals surface area contributed by atoms with Crippen LogP contribution in [0.2, 0.25) is 0 Å². The second-order valence-corrected chi connectivity index (χ2v) is 4.20. The number of anilines is 2. The minimum Gasteiger partial charge on any atom is -0.326 e. The van der Waals surface area contributed by atoms with E-state index in [1.807, 2.05) is 13.8 Å². The average molecular weight is 261 g/mol. The van der Waals surface area contributed by atoms with E-state index in [0.29, 0.717) is 11.4 Å². The minimum absolute atomic E-state index is 0.150. The Labute approximate surface area is 113 Å². The Kier molecular flexibility index (Phi) is 5.60. The minimum atomic E-state index is -0.312. The van der Waals surface area contributed by atoms with Crippen LogP contribution >= 0.6 is 0 Å². The lowest BCUT2D eigenvalue weighted by atomic mass is 10.2. The van der Waals surface area contributed by atoms with Gasteiger partial charge in [0.15, 0.2) is 0 Å². The molecular weight excluding hydrogens is 242 g/mol. The van der Waals surface area contributed by atoms with Crippen molar-refractivity contribution in [2.75, 3.05) is 10.6 Å². The highest BCUT2D eigenvalue weighted by Crippen LogP contribution is 2.14. The number of nitrogens with one attached hydrogen (secondary N) is 3. The van der Waals surface area contributed by atoms with E-state index in [9.17, 15) is 9.59 Å². The number of amides is 3. The van der Waals surface area contributed by atoms with Gasteiger partial charge in [0.1, 0.15) is 0 Å². The van der Waals surface area contributed by atoms with Gasteiger partial charge in [-0.1, -0.05) is 18.6 Å². The van der Waals surface area contributed by atoms with E-state index >= 15 is 0 Å². The highest BCUT2D eigenvalue weighted by atomic mass is 16.2. The SMILES string of the molecule is CC/C(C)=C/NC(=O)Nc1cccc(NC(C)=O)c1. The van der Waals surface area contributed by atoms with Crippen LogP contribution in [0, 0.1) is 0 Å². The van der Waals surface area contributed by atoms with E-state index in [2.05, 4.69) is 16.0 Å². The Hall–Kier alpha value is -2.30. The van der Waals surface area contributed by atoms with Crippen LogP contribution in [0.5, 0.6) is 0 Å². The number of carbonyl (C=O) groups is 2. The predicted octanol–water partition coefficient (Wildman–Crippen LogP) is 3.08. The second kappa shape index (κ2) is 7.20. The number of allylic oxidation sites excluding steroid dienone is 1. The van der Waals surface area contributed by atoms with Gasteiger partial charge in [-0.3, -0.25) is 4.79 Å². The molecule has 1 aromatic carbocycles. The molecule has 0 saturated heterocycles. The van der Waals surface area contributed by atoms with Crippen LogP contribution in [0.3, 0.4) is 0 Å². The molecule has 0 aliphatic carbocycles. The second-order valence-electron chi connectivity index (χ2n) is 4.20. The van der Waals surface area contributed by atoms with Crippen molar-refractivity contribution in [2.24, 2.45) is 0 Å². The van der Waals surface area contributed by atoms with Gasteiger partial charge in [-0.05, 0) is 31.5 Å². The van der Waals surface area contributed by atoms with E-state index in [4.69, 9.17) is 0 Å². The summed E-state index contributed by atoms with van der Waals surface area (Å²) in [7, 11) is 0. The molecule has 1 rings (SSSR count). The molecule has 5 nitrogen and oxygen atoms in total. The monoisotopic (exact) mass is 261 g/mol. The molecule has 102 valence electrons. The standard InChI is InChI=1S/C14H19N3O2/c1-4-10(2)9-15-14(19)17-13-7-5-6-12(8-13)16-11(3)18/h5-9H,4H2,1-3H3,(H,16,18)(H2,15,17,19)/b10-9+. The van der Waals surface area contributed by atoms with Gasteiger partial charge in [0.25, 0.3) is 0 Å². The molecule has 0 spiro atoms. The maximum Gasteiger partial charge on any atom is 0.323 e. The fourth-order valence-corrected chi connectivity index (χ4v) is 1.34. The van der Waals surface area contributed by atoms with E-state index in [1.54, 1.807) is 30.5 Å². The maximum atomic E-state index is 11.6. The molecule has 0 aliphatic heterocycles. The highest BCUT2D eigenvalue weighted by molar-refractivity contribution is 5.92. The first kappa shape index (κ1) is 14.8. The van der Waals surface area contributed by atoms with Gasteiger partial charge < -0.3 is 16.0 Å². The molecule has 5 heteroatoms. The van der Waals surface area contributed by atoms with Gasteiger partial charge in [0, 0.05) is 24.5 Å². The molecule has 19 heavy (non-hydrogen) atoms. The van der Waals surface area contributed by atoms with Crippen molar-refractivity contribution in [3.63, 3.8) is 0 Å². The summed E-state index contributed by atoms with van der Waals surface area (Å²) in [6, 6.07) is 6.64. The highest BCUT2D eigenvalue weighted by Gasteiger charge is 2.01. The Morgan fingerprint density at radius 2 is 1.79 bits per heavy atom. The third kappa shape index (κ3) is 5.72. The van der Waals surface area contributed by atoms with Crippen molar-refractivity contribution in [2.45, 2.75) is 27.2 Å². The third-order valence-corrected chi connectivity index (χ3v) is 2.45. The molecule has 3 N–H and O–H groups in total. The summed E-state index contributed by atoms with van der Waals surface area (Å²) in [6.07, 6.45) is 2.56. The van der Waals surface area contributed by atoms with E-state index in [-0.39, 0.29) is 11.9 Å². The van der Waals surface area contributed by atoms with Crippen LogP contribution < -0.4 is 16.0 Å². The zero-order valence-electron chi connectivity index (χ0n) is 11.4. The van der Waals surface area contributed by atoms with Gasteiger partial charge in [-0.15, -0.1) is 0 Å². The summed E-state index contributed by atoms with van der Waals surface area (Å²) in [5, 5.41) is 7.99. The summed E-state index contributed by atoms with van der Waals surface area (Å²) < 4.78 is 0. The molecule has 0 fully saturated rings. The fraction of sp³-hybridized carbons (Fsp3) is 0.286. The Morgan fingerprint density at radius 3 is 2.37 bits per heavy atom. The number of hydrogen-bond donors (Lipinski definition) is 3. The molecule has 0 heterocycles.